The molecule has 0 bridgehead atoms. The second-order valence-electron chi connectivity index (χ2n) is 8.23. The fraction of sp³-hybridized carbons (Fsp3) is 0.280. The number of nitrogens with one attached hydrogen (secondary N) is 1. The number of H-pyrrole nitrogens is 1. The van der Waals surface area contributed by atoms with E-state index in [1.165, 1.54) is 18.4 Å². The summed E-state index contributed by atoms with van der Waals surface area (Å²) in [5.41, 5.74) is 2.80. The van der Waals surface area contributed by atoms with Crippen LogP contribution in [0.2, 0.25) is 0 Å². The van der Waals surface area contributed by atoms with Crippen molar-refractivity contribution in [3.63, 3.8) is 0 Å². The maximum Gasteiger partial charge on any atom is 0.260 e. The van der Waals surface area contributed by atoms with E-state index in [-0.39, 0.29) is 17.1 Å². The van der Waals surface area contributed by atoms with Gasteiger partial charge in [0.05, 0.1) is 19.0 Å². The van der Waals surface area contributed by atoms with Gasteiger partial charge in [0.25, 0.3) is 5.56 Å². The molecule has 33 heavy (non-hydrogen) atoms. The first kappa shape index (κ1) is 21.8. The second kappa shape index (κ2) is 9.43. The van der Waals surface area contributed by atoms with Gasteiger partial charge in [-0.1, -0.05) is 36.4 Å². The Balaban J connectivity index is 1.23. The van der Waals surface area contributed by atoms with Gasteiger partial charge >= 0.3 is 0 Å². The Morgan fingerprint density at radius 1 is 1.06 bits per heavy atom. The summed E-state index contributed by atoms with van der Waals surface area (Å²) < 4.78 is 19.0. The number of aromatic nitrogens is 2. The van der Waals surface area contributed by atoms with E-state index in [4.69, 9.17) is 9.72 Å². The molecule has 1 saturated heterocycles. The molecule has 4 aromatic rings. The SMILES string of the molecule is COc1ccc(CN2CCN(Cc3nc4scc(-c5ccccc5)c4c(=O)[nH]3)CC2)cc1F. The minimum Gasteiger partial charge on any atom is -0.494 e. The Bertz CT molecular complexity index is 1310. The topological polar surface area (TPSA) is 61.5 Å². The Kier molecular flexibility index (Phi) is 6.22. The van der Waals surface area contributed by atoms with Crippen LogP contribution in [0.3, 0.4) is 0 Å². The zero-order chi connectivity index (χ0) is 22.8. The number of ether oxygens (including phenoxy) is 1. The van der Waals surface area contributed by atoms with Crippen LogP contribution in [-0.2, 0) is 13.1 Å². The van der Waals surface area contributed by atoms with E-state index in [2.05, 4.69) is 14.8 Å². The molecule has 0 atom stereocenters. The van der Waals surface area contributed by atoms with Crippen LogP contribution in [-0.4, -0.2) is 53.1 Å². The maximum absolute atomic E-state index is 14.0. The van der Waals surface area contributed by atoms with E-state index >= 15 is 0 Å². The third-order valence-electron chi connectivity index (χ3n) is 6.04. The largest absolute Gasteiger partial charge is 0.494 e. The van der Waals surface area contributed by atoms with Gasteiger partial charge < -0.3 is 9.72 Å². The average Bonchev–Trinajstić information content (AvgIpc) is 3.26. The van der Waals surface area contributed by atoms with Gasteiger partial charge in [-0.3, -0.25) is 14.6 Å². The van der Waals surface area contributed by atoms with Crippen molar-refractivity contribution in [1.29, 1.82) is 0 Å². The Hall–Kier alpha value is -3.07. The van der Waals surface area contributed by atoms with Gasteiger partial charge in [-0.2, -0.15) is 0 Å². The summed E-state index contributed by atoms with van der Waals surface area (Å²) in [5.74, 6) is 0.631. The molecule has 0 aliphatic carbocycles. The van der Waals surface area contributed by atoms with Gasteiger partial charge in [0, 0.05) is 43.7 Å². The Morgan fingerprint density at radius 3 is 2.48 bits per heavy atom. The number of fused-ring (bicyclic) bond motifs is 1. The second-order valence-corrected chi connectivity index (χ2v) is 9.09. The first-order valence-electron chi connectivity index (χ1n) is 10.9. The number of thiophene rings is 1. The van der Waals surface area contributed by atoms with Crippen LogP contribution in [0.5, 0.6) is 5.75 Å². The van der Waals surface area contributed by atoms with Crippen LogP contribution < -0.4 is 10.3 Å². The molecule has 1 aliphatic heterocycles. The van der Waals surface area contributed by atoms with Crippen molar-refractivity contribution in [2.24, 2.45) is 0 Å². The van der Waals surface area contributed by atoms with Crippen molar-refractivity contribution in [3.05, 3.63) is 81.5 Å². The predicted molar refractivity (Wildman–Crippen MR) is 129 cm³/mol. The number of piperazine rings is 1. The zero-order valence-electron chi connectivity index (χ0n) is 18.4. The van der Waals surface area contributed by atoms with Crippen LogP contribution in [0.1, 0.15) is 11.4 Å². The smallest absolute Gasteiger partial charge is 0.260 e. The summed E-state index contributed by atoms with van der Waals surface area (Å²) in [6.45, 7) is 4.77. The van der Waals surface area contributed by atoms with Crippen molar-refractivity contribution in [3.8, 4) is 16.9 Å². The number of hydrogen-bond donors (Lipinski definition) is 1. The lowest BCUT2D eigenvalue weighted by molar-refractivity contribution is 0.120. The molecule has 170 valence electrons. The van der Waals surface area contributed by atoms with Gasteiger partial charge in [0.2, 0.25) is 0 Å². The molecule has 1 N–H and O–H groups in total. The van der Waals surface area contributed by atoms with Gasteiger partial charge in [-0.25, -0.2) is 9.37 Å². The minimum absolute atomic E-state index is 0.0877. The maximum atomic E-state index is 14.0. The summed E-state index contributed by atoms with van der Waals surface area (Å²) in [5, 5.41) is 2.67. The number of aromatic amines is 1. The Labute approximate surface area is 195 Å². The molecule has 1 aliphatic rings. The number of hydrogen-bond acceptors (Lipinski definition) is 6. The molecule has 0 unspecified atom stereocenters. The van der Waals surface area contributed by atoms with Crippen molar-refractivity contribution >= 4 is 21.6 Å². The highest BCUT2D eigenvalue weighted by atomic mass is 32.1. The monoisotopic (exact) mass is 464 g/mol. The fourth-order valence-corrected chi connectivity index (χ4v) is 5.25. The summed E-state index contributed by atoms with van der Waals surface area (Å²) in [7, 11) is 1.47. The highest BCUT2D eigenvalue weighted by molar-refractivity contribution is 7.17. The highest BCUT2D eigenvalue weighted by Crippen LogP contribution is 2.30. The molecule has 2 aromatic heterocycles. The molecule has 5 rings (SSSR count). The van der Waals surface area contributed by atoms with Gasteiger partial charge in [0.15, 0.2) is 11.6 Å². The molecule has 8 heteroatoms. The summed E-state index contributed by atoms with van der Waals surface area (Å²) in [6.07, 6.45) is 0. The van der Waals surface area contributed by atoms with Crippen molar-refractivity contribution < 1.29 is 9.13 Å². The molecule has 3 heterocycles. The number of methoxy groups -OCH3 is 1. The molecule has 6 nitrogen and oxygen atoms in total. The number of nitrogens with zero attached hydrogens (tertiary/aromatic N) is 3. The summed E-state index contributed by atoms with van der Waals surface area (Å²) in [4.78, 5) is 26.0. The van der Waals surface area contributed by atoms with E-state index in [0.717, 1.165) is 47.7 Å². The molecule has 2 aromatic carbocycles. The predicted octanol–water partition coefficient (Wildman–Crippen LogP) is 4.12. The standard InChI is InChI=1S/C25H25FN4O2S/c1-32-21-8-7-17(13-20(21)26)14-29-9-11-30(12-10-29)15-22-27-24(31)23-19(16-33-25(23)28-22)18-5-3-2-4-6-18/h2-8,13,16H,9-12,14-15H2,1H3,(H,27,28,31). The third-order valence-corrected chi connectivity index (χ3v) is 6.91. The van der Waals surface area contributed by atoms with Gasteiger partial charge in [0.1, 0.15) is 10.7 Å². The van der Waals surface area contributed by atoms with Crippen LogP contribution in [0, 0.1) is 5.82 Å². The summed E-state index contributed by atoms with van der Waals surface area (Å²) in [6, 6.07) is 15.0. The zero-order valence-corrected chi connectivity index (χ0v) is 19.2. The molecule has 1 fully saturated rings. The van der Waals surface area contributed by atoms with Gasteiger partial charge in [-0.05, 0) is 23.3 Å². The van der Waals surface area contributed by atoms with Crippen LogP contribution in [0.15, 0.2) is 58.7 Å². The van der Waals surface area contributed by atoms with Crippen LogP contribution in [0.25, 0.3) is 21.3 Å². The number of halogens is 1. The van der Waals surface area contributed by atoms with Crippen molar-refractivity contribution in [2.45, 2.75) is 13.1 Å². The molecule has 0 saturated carbocycles. The van der Waals surface area contributed by atoms with E-state index < -0.39 is 0 Å². The highest BCUT2D eigenvalue weighted by Gasteiger charge is 2.20. The van der Waals surface area contributed by atoms with E-state index in [0.29, 0.717) is 24.3 Å². The van der Waals surface area contributed by atoms with Crippen molar-refractivity contribution in [1.82, 2.24) is 19.8 Å². The van der Waals surface area contributed by atoms with E-state index in [1.54, 1.807) is 12.1 Å². The lowest BCUT2D eigenvalue weighted by Crippen LogP contribution is -2.45. The van der Waals surface area contributed by atoms with Crippen LogP contribution >= 0.6 is 11.3 Å². The molecule has 0 spiro atoms. The average molecular weight is 465 g/mol. The molecule has 0 radical (unpaired) electrons. The van der Waals surface area contributed by atoms with Crippen LogP contribution in [0.4, 0.5) is 4.39 Å². The lowest BCUT2D eigenvalue weighted by Gasteiger charge is -2.34. The third kappa shape index (κ3) is 4.68. The first-order chi connectivity index (χ1) is 16.1. The Morgan fingerprint density at radius 2 is 1.79 bits per heavy atom. The molecular weight excluding hydrogens is 439 g/mol. The number of benzene rings is 2. The first-order valence-corrected chi connectivity index (χ1v) is 11.8. The summed E-state index contributed by atoms with van der Waals surface area (Å²) >= 11 is 1.51. The van der Waals surface area contributed by atoms with E-state index in [9.17, 15) is 9.18 Å². The molecule has 0 amide bonds. The van der Waals surface area contributed by atoms with Gasteiger partial charge in [-0.15, -0.1) is 11.3 Å². The normalized spacial score (nSPS) is 15.2. The van der Waals surface area contributed by atoms with Crippen molar-refractivity contribution in [2.75, 3.05) is 33.3 Å². The van der Waals surface area contributed by atoms with E-state index in [1.807, 2.05) is 41.8 Å². The minimum atomic E-state index is -0.331. The quantitative estimate of drug-likeness (QED) is 0.465. The fourth-order valence-electron chi connectivity index (χ4n) is 4.28. The molecular formula is C25H25FN4O2S. The lowest BCUT2D eigenvalue weighted by atomic mass is 10.1. The number of rotatable bonds is 6.